The quantitative estimate of drug-likeness (QED) is 0.451. The van der Waals surface area contributed by atoms with Crippen molar-refractivity contribution >= 4 is 28.6 Å². The molecule has 1 aromatic heterocycles. The van der Waals surface area contributed by atoms with Crippen LogP contribution >= 0.6 is 0 Å². The third kappa shape index (κ3) is 3.85. The Balaban J connectivity index is 2.29. The van der Waals surface area contributed by atoms with E-state index in [1.165, 1.54) is 6.92 Å². The van der Waals surface area contributed by atoms with Crippen molar-refractivity contribution in [1.82, 2.24) is 4.57 Å². The van der Waals surface area contributed by atoms with Gasteiger partial charge in [-0.05, 0) is 31.0 Å². The Morgan fingerprint density at radius 1 is 1.10 bits per heavy atom. The third-order valence-corrected chi connectivity index (χ3v) is 4.78. The number of aromatic nitrogens is 1. The molecule has 0 unspecified atom stereocenters. The van der Waals surface area contributed by atoms with Crippen LogP contribution in [0.2, 0.25) is 0 Å². The van der Waals surface area contributed by atoms with Gasteiger partial charge >= 0.3 is 5.97 Å². The molecule has 1 heterocycles. The van der Waals surface area contributed by atoms with Crippen LogP contribution in [0.25, 0.3) is 10.9 Å². The highest BCUT2D eigenvalue weighted by atomic mass is 16.5. The lowest BCUT2D eigenvalue weighted by atomic mass is 10.0. The van der Waals surface area contributed by atoms with Crippen molar-refractivity contribution in [2.24, 2.45) is 5.73 Å². The summed E-state index contributed by atoms with van der Waals surface area (Å²) < 4.78 is 7.55. The van der Waals surface area contributed by atoms with E-state index < -0.39 is 23.8 Å². The van der Waals surface area contributed by atoms with Crippen LogP contribution in [0, 0.1) is 0 Å². The first-order chi connectivity index (χ1) is 13.8. The molecule has 29 heavy (non-hydrogen) atoms. The van der Waals surface area contributed by atoms with E-state index in [9.17, 15) is 19.5 Å². The zero-order valence-corrected chi connectivity index (χ0v) is 16.2. The van der Waals surface area contributed by atoms with Gasteiger partial charge in [0, 0.05) is 12.2 Å². The van der Waals surface area contributed by atoms with Crippen LogP contribution in [-0.2, 0) is 22.6 Å². The van der Waals surface area contributed by atoms with Crippen molar-refractivity contribution in [2.45, 2.75) is 32.9 Å². The van der Waals surface area contributed by atoms with Gasteiger partial charge < -0.3 is 20.1 Å². The number of nitrogens with zero attached hydrogens (tertiary/aromatic N) is 1. The molecular formula is C22H22N2O5. The fourth-order valence-electron chi connectivity index (χ4n) is 3.44. The average Bonchev–Trinajstić information content (AvgIpc) is 3.02. The number of amides is 1. The number of ketones is 1. The van der Waals surface area contributed by atoms with Crippen molar-refractivity contribution in [3.05, 3.63) is 65.4 Å². The first-order valence-corrected chi connectivity index (χ1v) is 9.26. The molecule has 0 aliphatic rings. The summed E-state index contributed by atoms with van der Waals surface area (Å²) >= 11 is 0. The molecule has 0 fully saturated rings. The first kappa shape index (κ1) is 20.1. The largest absolute Gasteiger partial charge is 0.479 e. The molecule has 0 aliphatic heterocycles. The number of aliphatic carboxylic acids is 1. The van der Waals surface area contributed by atoms with Gasteiger partial charge in [0.15, 0.2) is 6.10 Å². The molecule has 3 rings (SSSR count). The summed E-state index contributed by atoms with van der Waals surface area (Å²) in [5, 5.41) is 9.61. The van der Waals surface area contributed by atoms with Gasteiger partial charge in [-0.2, -0.15) is 0 Å². The lowest BCUT2D eigenvalue weighted by molar-refractivity contribution is -0.144. The topological polar surface area (TPSA) is 112 Å². The van der Waals surface area contributed by atoms with Gasteiger partial charge in [0.1, 0.15) is 5.75 Å². The number of rotatable bonds is 8. The Labute approximate surface area is 167 Å². The number of benzene rings is 2. The molecule has 7 heteroatoms. The molecule has 1 amide bonds. The van der Waals surface area contributed by atoms with Gasteiger partial charge in [0.25, 0.3) is 11.7 Å². The summed E-state index contributed by atoms with van der Waals surface area (Å²) in [4.78, 5) is 35.7. The molecule has 150 valence electrons. The SMILES string of the molecule is CCc1c(C(=O)C(N)=O)c2c(O[C@@H](C)C(=O)O)cccc2n1Cc1ccccc1. The maximum Gasteiger partial charge on any atom is 0.344 e. The second kappa shape index (κ2) is 8.18. The van der Waals surface area contributed by atoms with E-state index in [1.54, 1.807) is 12.1 Å². The van der Waals surface area contributed by atoms with Gasteiger partial charge in [-0.1, -0.05) is 43.3 Å². The minimum atomic E-state index is -1.13. The van der Waals surface area contributed by atoms with Crippen LogP contribution in [0.4, 0.5) is 0 Å². The van der Waals surface area contributed by atoms with Crippen LogP contribution in [0.15, 0.2) is 48.5 Å². The minimum absolute atomic E-state index is 0.166. The van der Waals surface area contributed by atoms with Crippen LogP contribution in [0.1, 0.15) is 35.5 Å². The zero-order valence-electron chi connectivity index (χ0n) is 16.2. The maximum atomic E-state index is 12.7. The maximum absolute atomic E-state index is 12.7. The van der Waals surface area contributed by atoms with Gasteiger partial charge in [-0.3, -0.25) is 9.59 Å². The van der Waals surface area contributed by atoms with Crippen molar-refractivity contribution in [1.29, 1.82) is 0 Å². The number of fused-ring (bicyclic) bond motifs is 1. The number of hydrogen-bond donors (Lipinski definition) is 2. The molecule has 0 saturated carbocycles. The van der Waals surface area contributed by atoms with E-state index in [0.29, 0.717) is 29.6 Å². The Kier molecular flexibility index (Phi) is 5.68. The number of Topliss-reactive ketones (excluding diaryl/α,β-unsaturated/α-hetero) is 1. The van der Waals surface area contributed by atoms with Gasteiger partial charge in [0.05, 0.1) is 16.5 Å². The van der Waals surface area contributed by atoms with E-state index >= 15 is 0 Å². The number of carbonyl (C=O) groups is 3. The number of hydrogen-bond acceptors (Lipinski definition) is 4. The molecule has 3 aromatic rings. The van der Waals surface area contributed by atoms with E-state index in [-0.39, 0.29) is 11.3 Å². The number of primary amides is 1. The lowest BCUT2D eigenvalue weighted by Gasteiger charge is -2.12. The Bertz CT molecular complexity index is 1090. The minimum Gasteiger partial charge on any atom is -0.479 e. The molecule has 0 saturated heterocycles. The van der Waals surface area contributed by atoms with Crippen molar-refractivity contribution < 1.29 is 24.2 Å². The molecule has 2 aromatic carbocycles. The summed E-state index contributed by atoms with van der Waals surface area (Å²) in [5.74, 6) is -2.80. The molecule has 0 bridgehead atoms. The summed E-state index contributed by atoms with van der Waals surface area (Å²) in [5.41, 5.74) is 7.81. The highest BCUT2D eigenvalue weighted by Gasteiger charge is 2.28. The summed E-state index contributed by atoms with van der Waals surface area (Å²) in [7, 11) is 0. The molecule has 3 N–H and O–H groups in total. The van der Waals surface area contributed by atoms with E-state index in [0.717, 1.165) is 5.56 Å². The zero-order chi connectivity index (χ0) is 21.1. The standard InChI is InChI=1S/C22H22N2O5/c1-3-15-19(20(25)21(23)26)18-16(24(15)12-14-8-5-4-6-9-14)10-7-11-17(18)29-13(2)22(27)28/h4-11,13H,3,12H2,1-2H3,(H2,23,26)(H,27,28)/t13-/m0/s1. The van der Waals surface area contributed by atoms with Crippen LogP contribution in [-0.4, -0.2) is 33.4 Å². The predicted molar refractivity (Wildman–Crippen MR) is 108 cm³/mol. The smallest absolute Gasteiger partial charge is 0.344 e. The van der Waals surface area contributed by atoms with Crippen LogP contribution < -0.4 is 10.5 Å². The first-order valence-electron chi connectivity index (χ1n) is 9.26. The number of carbonyl (C=O) groups excluding carboxylic acids is 2. The van der Waals surface area contributed by atoms with Crippen molar-refractivity contribution in [3.63, 3.8) is 0 Å². The number of nitrogens with two attached hydrogens (primary N) is 1. The average molecular weight is 394 g/mol. The Morgan fingerprint density at radius 3 is 2.38 bits per heavy atom. The highest BCUT2D eigenvalue weighted by Crippen LogP contribution is 2.35. The van der Waals surface area contributed by atoms with Crippen LogP contribution in [0.5, 0.6) is 5.75 Å². The fourth-order valence-corrected chi connectivity index (χ4v) is 3.44. The fraction of sp³-hybridized carbons (Fsp3) is 0.227. The molecule has 0 aliphatic carbocycles. The highest BCUT2D eigenvalue weighted by molar-refractivity contribution is 6.45. The molecule has 0 spiro atoms. The van der Waals surface area contributed by atoms with E-state index in [2.05, 4.69) is 0 Å². The van der Waals surface area contributed by atoms with E-state index in [4.69, 9.17) is 10.5 Å². The molecule has 0 radical (unpaired) electrons. The normalized spacial score (nSPS) is 11.9. The predicted octanol–water partition coefficient (Wildman–Crippen LogP) is 2.77. The lowest BCUT2D eigenvalue weighted by Crippen LogP contribution is -2.25. The third-order valence-electron chi connectivity index (χ3n) is 4.78. The second-order valence-corrected chi connectivity index (χ2v) is 6.69. The monoisotopic (exact) mass is 394 g/mol. The summed E-state index contributed by atoms with van der Waals surface area (Å²) in [6.07, 6.45) is -0.649. The number of carboxylic acids is 1. The molecule has 1 atom stereocenters. The number of ether oxygens (including phenoxy) is 1. The molecular weight excluding hydrogens is 372 g/mol. The molecule has 7 nitrogen and oxygen atoms in total. The number of carboxylic acid groups (broad SMARTS) is 1. The van der Waals surface area contributed by atoms with Gasteiger partial charge in [0.2, 0.25) is 0 Å². The van der Waals surface area contributed by atoms with Crippen molar-refractivity contribution in [3.8, 4) is 5.75 Å². The summed E-state index contributed by atoms with van der Waals surface area (Å²) in [6.45, 7) is 3.76. The van der Waals surface area contributed by atoms with Gasteiger partial charge in [-0.15, -0.1) is 0 Å². The second-order valence-electron chi connectivity index (χ2n) is 6.69. The Hall–Kier alpha value is -3.61. The van der Waals surface area contributed by atoms with Crippen molar-refractivity contribution in [2.75, 3.05) is 0 Å². The Morgan fingerprint density at radius 2 is 1.79 bits per heavy atom. The van der Waals surface area contributed by atoms with Gasteiger partial charge in [-0.25, -0.2) is 4.79 Å². The van der Waals surface area contributed by atoms with E-state index in [1.807, 2.05) is 47.9 Å². The van der Waals surface area contributed by atoms with Crippen LogP contribution in [0.3, 0.4) is 0 Å². The summed E-state index contributed by atoms with van der Waals surface area (Å²) in [6, 6.07) is 14.8.